The highest BCUT2D eigenvalue weighted by atomic mass is 14.1. The SMILES string of the molecule is C.C.CC.CC1CCCCCC1. The van der Waals surface area contributed by atoms with Crippen molar-refractivity contribution in [2.75, 3.05) is 0 Å². The zero-order chi connectivity index (χ0) is 7.82. The van der Waals surface area contributed by atoms with Gasteiger partial charge in [-0.3, -0.25) is 0 Å². The number of hydrogen-bond acceptors (Lipinski definition) is 0. The third-order valence-electron chi connectivity index (χ3n) is 2.14. The van der Waals surface area contributed by atoms with Crippen molar-refractivity contribution in [3.8, 4) is 0 Å². The number of hydrogen-bond donors (Lipinski definition) is 0. The topological polar surface area (TPSA) is 0 Å². The van der Waals surface area contributed by atoms with Gasteiger partial charge in [0.1, 0.15) is 0 Å². The van der Waals surface area contributed by atoms with Crippen molar-refractivity contribution < 1.29 is 0 Å². The van der Waals surface area contributed by atoms with Crippen molar-refractivity contribution >= 4 is 0 Å². The molecular formula is C12H30. The van der Waals surface area contributed by atoms with Gasteiger partial charge in [0.25, 0.3) is 0 Å². The van der Waals surface area contributed by atoms with Crippen LogP contribution in [0.5, 0.6) is 0 Å². The summed E-state index contributed by atoms with van der Waals surface area (Å²) in [7, 11) is 0. The maximum atomic E-state index is 2.38. The minimum Gasteiger partial charge on any atom is -0.0776 e. The van der Waals surface area contributed by atoms with Crippen LogP contribution in [0.3, 0.4) is 0 Å². The molecule has 0 amide bonds. The summed E-state index contributed by atoms with van der Waals surface area (Å²) in [6, 6.07) is 0. The Morgan fingerprint density at radius 1 is 0.750 bits per heavy atom. The molecule has 0 heterocycles. The Bertz CT molecular complexity index is 49.1. The summed E-state index contributed by atoms with van der Waals surface area (Å²) in [5, 5.41) is 0. The summed E-state index contributed by atoms with van der Waals surface area (Å²) in [5.74, 6) is 1.03. The lowest BCUT2D eigenvalue weighted by Gasteiger charge is -2.02. The van der Waals surface area contributed by atoms with Gasteiger partial charge in [-0.2, -0.15) is 0 Å². The highest BCUT2D eigenvalue weighted by Crippen LogP contribution is 2.21. The molecule has 0 unspecified atom stereocenters. The Kier molecular flexibility index (Phi) is 20.3. The van der Waals surface area contributed by atoms with E-state index in [1.807, 2.05) is 13.8 Å². The largest absolute Gasteiger partial charge is 0.0776 e. The molecule has 0 aromatic rings. The van der Waals surface area contributed by atoms with Crippen molar-refractivity contribution in [3.63, 3.8) is 0 Å². The molecule has 0 aliphatic heterocycles. The molecular weight excluding hydrogens is 144 g/mol. The zero-order valence-corrected chi connectivity index (χ0v) is 7.82. The lowest BCUT2D eigenvalue weighted by Crippen LogP contribution is -1.88. The molecule has 12 heavy (non-hydrogen) atoms. The van der Waals surface area contributed by atoms with E-state index in [9.17, 15) is 0 Å². The van der Waals surface area contributed by atoms with Gasteiger partial charge in [0.05, 0.1) is 0 Å². The van der Waals surface area contributed by atoms with Gasteiger partial charge in [-0.1, -0.05) is 74.1 Å². The van der Waals surface area contributed by atoms with Crippen LogP contribution < -0.4 is 0 Å². The molecule has 0 saturated heterocycles. The molecule has 1 rings (SSSR count). The molecule has 0 nitrogen and oxygen atoms in total. The van der Waals surface area contributed by atoms with Crippen LogP contribution in [0.2, 0.25) is 0 Å². The average molecular weight is 174 g/mol. The quantitative estimate of drug-likeness (QED) is 0.439. The molecule has 0 bridgehead atoms. The van der Waals surface area contributed by atoms with Crippen molar-refractivity contribution in [1.29, 1.82) is 0 Å². The van der Waals surface area contributed by atoms with Gasteiger partial charge in [-0.15, -0.1) is 0 Å². The van der Waals surface area contributed by atoms with E-state index in [1.54, 1.807) is 0 Å². The van der Waals surface area contributed by atoms with Gasteiger partial charge >= 0.3 is 0 Å². The van der Waals surface area contributed by atoms with E-state index in [-0.39, 0.29) is 14.9 Å². The second-order valence-corrected chi connectivity index (χ2v) is 3.10. The Labute approximate surface area is 80.8 Å². The van der Waals surface area contributed by atoms with E-state index in [1.165, 1.54) is 38.5 Å². The Morgan fingerprint density at radius 3 is 1.42 bits per heavy atom. The summed E-state index contributed by atoms with van der Waals surface area (Å²) in [6.45, 7) is 6.38. The van der Waals surface area contributed by atoms with E-state index < -0.39 is 0 Å². The Hall–Kier alpha value is 0. The van der Waals surface area contributed by atoms with Crippen LogP contribution in [-0.4, -0.2) is 0 Å². The second-order valence-electron chi connectivity index (χ2n) is 3.10. The summed E-state index contributed by atoms with van der Waals surface area (Å²) < 4.78 is 0. The van der Waals surface area contributed by atoms with Gasteiger partial charge in [0, 0.05) is 0 Å². The van der Waals surface area contributed by atoms with Crippen molar-refractivity contribution in [3.05, 3.63) is 0 Å². The molecule has 1 aliphatic carbocycles. The summed E-state index contributed by atoms with van der Waals surface area (Å²) >= 11 is 0. The predicted octanol–water partition coefficient (Wildman–Crippen LogP) is 5.28. The highest BCUT2D eigenvalue weighted by Gasteiger charge is 2.04. The molecule has 0 spiro atoms. The monoisotopic (exact) mass is 174 g/mol. The van der Waals surface area contributed by atoms with Crippen LogP contribution in [0.1, 0.15) is 74.1 Å². The van der Waals surface area contributed by atoms with Crippen LogP contribution in [0, 0.1) is 5.92 Å². The third-order valence-corrected chi connectivity index (χ3v) is 2.14. The van der Waals surface area contributed by atoms with Gasteiger partial charge in [-0.05, 0) is 5.92 Å². The van der Waals surface area contributed by atoms with E-state index in [0.717, 1.165) is 5.92 Å². The van der Waals surface area contributed by atoms with Gasteiger partial charge in [-0.25, -0.2) is 0 Å². The number of rotatable bonds is 0. The Morgan fingerprint density at radius 2 is 1.08 bits per heavy atom. The van der Waals surface area contributed by atoms with Crippen LogP contribution >= 0.6 is 0 Å². The first kappa shape index (κ1) is 17.9. The summed E-state index contributed by atoms with van der Waals surface area (Å²) in [6.07, 6.45) is 8.93. The summed E-state index contributed by atoms with van der Waals surface area (Å²) in [5.41, 5.74) is 0. The van der Waals surface area contributed by atoms with Crippen LogP contribution in [0.15, 0.2) is 0 Å². The molecule has 1 fully saturated rings. The van der Waals surface area contributed by atoms with Crippen molar-refractivity contribution in [1.82, 2.24) is 0 Å². The van der Waals surface area contributed by atoms with Gasteiger partial charge in [0.2, 0.25) is 0 Å². The van der Waals surface area contributed by atoms with E-state index in [2.05, 4.69) is 6.92 Å². The smallest absolute Gasteiger partial charge is 0.0443 e. The Balaban J connectivity index is -0.000000189. The normalized spacial score (nSPS) is 17.2. The first-order chi connectivity index (χ1) is 4.89. The fourth-order valence-electron chi connectivity index (χ4n) is 1.48. The van der Waals surface area contributed by atoms with Crippen LogP contribution in [0.4, 0.5) is 0 Å². The molecule has 1 aliphatic rings. The molecule has 0 aromatic carbocycles. The van der Waals surface area contributed by atoms with Gasteiger partial charge in [0.15, 0.2) is 0 Å². The fourth-order valence-corrected chi connectivity index (χ4v) is 1.48. The van der Waals surface area contributed by atoms with Crippen LogP contribution in [0.25, 0.3) is 0 Å². The maximum absolute atomic E-state index is 2.38. The van der Waals surface area contributed by atoms with E-state index >= 15 is 0 Å². The lowest BCUT2D eigenvalue weighted by atomic mass is 10.0. The molecule has 0 heteroatoms. The van der Waals surface area contributed by atoms with E-state index in [0.29, 0.717) is 0 Å². The van der Waals surface area contributed by atoms with E-state index in [4.69, 9.17) is 0 Å². The first-order valence-corrected chi connectivity index (χ1v) is 4.89. The first-order valence-electron chi connectivity index (χ1n) is 4.89. The molecule has 1 saturated carbocycles. The second kappa shape index (κ2) is 13.6. The highest BCUT2D eigenvalue weighted by molar-refractivity contribution is 4.58. The van der Waals surface area contributed by atoms with Crippen LogP contribution in [-0.2, 0) is 0 Å². The fraction of sp³-hybridized carbons (Fsp3) is 1.00. The standard InChI is InChI=1S/C8H16.C2H6.2CH4/c1-8-6-4-2-3-5-7-8;1-2;;/h8H,2-7H2,1H3;1-2H3;2*1H4. The zero-order valence-electron chi connectivity index (χ0n) is 7.82. The third kappa shape index (κ3) is 10.0. The van der Waals surface area contributed by atoms with Crippen molar-refractivity contribution in [2.24, 2.45) is 5.92 Å². The average Bonchev–Trinajstić information content (AvgIpc) is 2.21. The van der Waals surface area contributed by atoms with Crippen molar-refractivity contribution in [2.45, 2.75) is 74.1 Å². The lowest BCUT2D eigenvalue weighted by molar-refractivity contribution is 0.505. The molecule has 78 valence electrons. The summed E-state index contributed by atoms with van der Waals surface area (Å²) in [4.78, 5) is 0. The molecule has 0 atom stereocenters. The molecule has 0 aromatic heterocycles. The molecule has 0 radical (unpaired) electrons. The molecule has 0 N–H and O–H groups in total. The minimum absolute atomic E-state index is 0. The predicted molar refractivity (Wildman–Crippen MR) is 61.7 cm³/mol. The minimum atomic E-state index is 0. The van der Waals surface area contributed by atoms with Gasteiger partial charge < -0.3 is 0 Å². The maximum Gasteiger partial charge on any atom is -0.0443 e.